The van der Waals surface area contributed by atoms with Crippen LogP contribution in [0.25, 0.3) is 0 Å². The lowest BCUT2D eigenvalue weighted by Crippen LogP contribution is -2.58. The van der Waals surface area contributed by atoms with Crippen LogP contribution in [0.2, 0.25) is 0 Å². The van der Waals surface area contributed by atoms with Gasteiger partial charge in [0.2, 0.25) is 0 Å². The summed E-state index contributed by atoms with van der Waals surface area (Å²) in [6.45, 7) is 4.39. The van der Waals surface area contributed by atoms with Crippen molar-refractivity contribution in [1.29, 1.82) is 5.26 Å². The lowest BCUT2D eigenvalue weighted by Gasteiger charge is -2.59. The van der Waals surface area contributed by atoms with E-state index in [2.05, 4.69) is 18.3 Å². The number of benzene rings is 1. The Labute approximate surface area is 197 Å². The summed E-state index contributed by atoms with van der Waals surface area (Å²) >= 11 is 0. The molecule has 4 nitrogen and oxygen atoms in total. The molecule has 8 atom stereocenters. The van der Waals surface area contributed by atoms with E-state index in [1.807, 2.05) is 25.1 Å². The van der Waals surface area contributed by atoms with Gasteiger partial charge in [0, 0.05) is 5.92 Å². The Morgan fingerprint density at radius 2 is 1.91 bits per heavy atom. The molecule has 4 aliphatic rings. The van der Waals surface area contributed by atoms with E-state index >= 15 is 4.39 Å². The number of aliphatic hydroxyl groups is 1. The average Bonchev–Trinajstić information content (AvgIpc) is 3.15. The number of nitrogens with one attached hydrogen (secondary N) is 1. The van der Waals surface area contributed by atoms with E-state index in [9.17, 15) is 15.2 Å². The molecule has 4 saturated carbocycles. The Bertz CT molecular complexity index is 971. The highest BCUT2D eigenvalue weighted by atomic mass is 19.1. The predicted molar refractivity (Wildman–Crippen MR) is 126 cm³/mol. The minimum absolute atomic E-state index is 0.00516. The first-order valence-corrected chi connectivity index (χ1v) is 12.8. The summed E-state index contributed by atoms with van der Waals surface area (Å²) in [4.78, 5) is 13.4. The topological polar surface area (TPSA) is 73.1 Å². The summed E-state index contributed by atoms with van der Waals surface area (Å²) in [6.07, 6.45) is 7.22. The van der Waals surface area contributed by atoms with Crippen molar-refractivity contribution in [3.05, 3.63) is 29.8 Å². The van der Waals surface area contributed by atoms with Crippen molar-refractivity contribution in [3.8, 4) is 6.07 Å². The summed E-state index contributed by atoms with van der Waals surface area (Å²) in [5.41, 5.74) is -0.659. The van der Waals surface area contributed by atoms with Crippen LogP contribution in [-0.4, -0.2) is 28.7 Å². The second-order valence-corrected chi connectivity index (χ2v) is 11.9. The highest BCUT2D eigenvalue weighted by Crippen LogP contribution is 2.66. The number of Topliss-reactive ketones (excluding diaryl/α,β-unsaturated/α-hetero) is 1. The maximum Gasteiger partial charge on any atom is 0.155 e. The molecule has 0 aromatic heterocycles. The van der Waals surface area contributed by atoms with Crippen LogP contribution in [0.4, 0.5) is 10.1 Å². The number of nitriles is 1. The number of nitrogens with zero attached hydrogens (tertiary/aromatic N) is 1. The molecule has 4 aliphatic carbocycles. The lowest BCUT2D eigenvalue weighted by atomic mass is 9.48. The van der Waals surface area contributed by atoms with Gasteiger partial charge in [0.15, 0.2) is 5.78 Å². The number of anilines is 1. The van der Waals surface area contributed by atoms with Crippen molar-refractivity contribution < 1.29 is 14.3 Å². The molecular weight excluding hydrogens is 415 g/mol. The largest absolute Gasteiger partial charge is 0.390 e. The number of carbonyl (C=O) groups excluding carboxylic acids is 1. The monoisotopic (exact) mass is 452 g/mol. The van der Waals surface area contributed by atoms with E-state index in [0.717, 1.165) is 38.5 Å². The normalized spacial score (nSPS) is 44.2. The fourth-order valence-electron chi connectivity index (χ4n) is 8.55. The number of fused-ring (bicyclic) bond motifs is 5. The quantitative estimate of drug-likeness (QED) is 0.619. The zero-order chi connectivity index (χ0) is 23.4. The van der Waals surface area contributed by atoms with Gasteiger partial charge in [-0.25, -0.2) is 4.39 Å². The standard InChI is InChI=1S/C28H37FN2O2/c1-26(33)13-14-28(29)19(15-26)7-8-20-21-9-10-23(27(21,2)12-11-22(20)28)25(32)17-31-24-6-4-3-5-18(24)16-30/h3-6,19-23,31,33H,7-15,17H2,1-2H3/t19-,20+,21+,22+,23-,26-,27+,28-/m1/s1. The summed E-state index contributed by atoms with van der Waals surface area (Å²) in [7, 11) is 0. The van der Waals surface area contributed by atoms with Gasteiger partial charge < -0.3 is 10.4 Å². The first-order chi connectivity index (χ1) is 15.7. The number of carbonyl (C=O) groups is 1. The number of para-hydroxylation sites is 1. The fraction of sp³-hybridized carbons (Fsp3) is 0.714. The van der Waals surface area contributed by atoms with Crippen molar-refractivity contribution >= 4 is 11.5 Å². The van der Waals surface area contributed by atoms with Crippen LogP contribution in [0.3, 0.4) is 0 Å². The molecular formula is C28H37FN2O2. The van der Waals surface area contributed by atoms with Gasteiger partial charge in [-0.2, -0.15) is 5.26 Å². The second kappa shape index (κ2) is 8.08. The number of rotatable bonds is 4. The third kappa shape index (κ3) is 3.70. The van der Waals surface area contributed by atoms with Crippen molar-refractivity contribution in [2.24, 2.45) is 35.0 Å². The van der Waals surface area contributed by atoms with E-state index in [1.54, 1.807) is 6.07 Å². The Kier molecular flexibility index (Phi) is 5.59. The van der Waals surface area contributed by atoms with E-state index in [0.29, 0.717) is 42.3 Å². The van der Waals surface area contributed by atoms with Crippen molar-refractivity contribution in [2.45, 2.75) is 82.9 Å². The Morgan fingerprint density at radius 1 is 1.12 bits per heavy atom. The zero-order valence-corrected chi connectivity index (χ0v) is 19.9. The van der Waals surface area contributed by atoms with Gasteiger partial charge in [0.05, 0.1) is 23.4 Å². The molecule has 0 spiro atoms. The molecule has 33 heavy (non-hydrogen) atoms. The summed E-state index contributed by atoms with van der Waals surface area (Å²) in [6, 6.07) is 9.48. The van der Waals surface area contributed by atoms with Gasteiger partial charge in [-0.15, -0.1) is 0 Å². The fourth-order valence-corrected chi connectivity index (χ4v) is 8.55. The molecule has 0 aliphatic heterocycles. The molecule has 0 heterocycles. The first kappa shape index (κ1) is 22.8. The maximum atomic E-state index is 16.5. The summed E-state index contributed by atoms with van der Waals surface area (Å²) in [5, 5.41) is 23.1. The SMILES string of the molecule is C[C@@]1(O)CC[C@@]2(F)[C@H](CC[C@H]3[C@@H]4CC[C@H](C(=O)CNc5ccccc5C#N)[C@@]4(C)CC[C@@H]32)C1. The maximum absolute atomic E-state index is 16.5. The highest BCUT2D eigenvalue weighted by molar-refractivity contribution is 5.86. The van der Waals surface area contributed by atoms with Crippen molar-refractivity contribution in [3.63, 3.8) is 0 Å². The molecule has 5 rings (SSSR count). The molecule has 5 heteroatoms. The highest BCUT2D eigenvalue weighted by Gasteiger charge is 2.63. The molecule has 0 radical (unpaired) electrons. The number of halogens is 1. The second-order valence-electron chi connectivity index (χ2n) is 11.9. The zero-order valence-electron chi connectivity index (χ0n) is 19.9. The number of ketones is 1. The third-order valence-electron chi connectivity index (χ3n) is 10.2. The van der Waals surface area contributed by atoms with E-state index in [1.165, 1.54) is 0 Å². The first-order valence-electron chi connectivity index (χ1n) is 12.8. The third-order valence-corrected chi connectivity index (χ3v) is 10.2. The van der Waals surface area contributed by atoms with Crippen LogP contribution in [-0.2, 0) is 4.79 Å². The van der Waals surface area contributed by atoms with Crippen LogP contribution in [0.15, 0.2) is 24.3 Å². The van der Waals surface area contributed by atoms with E-state index in [-0.39, 0.29) is 35.5 Å². The minimum atomic E-state index is -1.14. The molecule has 0 unspecified atom stereocenters. The predicted octanol–water partition coefficient (Wildman–Crippen LogP) is 5.65. The molecule has 1 aromatic carbocycles. The van der Waals surface area contributed by atoms with Gasteiger partial charge >= 0.3 is 0 Å². The van der Waals surface area contributed by atoms with Crippen LogP contribution in [0, 0.1) is 46.3 Å². The molecule has 0 saturated heterocycles. The van der Waals surface area contributed by atoms with Crippen LogP contribution in [0.1, 0.15) is 77.2 Å². The Balaban J connectivity index is 1.30. The van der Waals surface area contributed by atoms with E-state index in [4.69, 9.17) is 0 Å². The summed E-state index contributed by atoms with van der Waals surface area (Å²) < 4.78 is 16.5. The molecule has 4 fully saturated rings. The minimum Gasteiger partial charge on any atom is -0.390 e. The Morgan fingerprint density at radius 3 is 2.70 bits per heavy atom. The number of alkyl halides is 1. The van der Waals surface area contributed by atoms with Gasteiger partial charge in [0.1, 0.15) is 11.7 Å². The molecule has 1 aromatic rings. The smallest absolute Gasteiger partial charge is 0.155 e. The van der Waals surface area contributed by atoms with Crippen LogP contribution < -0.4 is 5.32 Å². The number of hydrogen-bond donors (Lipinski definition) is 2. The molecule has 2 N–H and O–H groups in total. The average molecular weight is 453 g/mol. The Hall–Kier alpha value is -1.93. The van der Waals surface area contributed by atoms with Gasteiger partial charge in [-0.3, -0.25) is 4.79 Å². The molecule has 0 bridgehead atoms. The molecule has 0 amide bonds. The number of hydrogen-bond acceptors (Lipinski definition) is 4. The summed E-state index contributed by atoms with van der Waals surface area (Å²) in [5.74, 6) is 1.06. The van der Waals surface area contributed by atoms with Gasteiger partial charge in [-0.1, -0.05) is 19.1 Å². The van der Waals surface area contributed by atoms with Crippen molar-refractivity contribution in [1.82, 2.24) is 0 Å². The van der Waals surface area contributed by atoms with Gasteiger partial charge in [0.25, 0.3) is 0 Å². The van der Waals surface area contributed by atoms with Crippen LogP contribution in [0.5, 0.6) is 0 Å². The lowest BCUT2D eigenvalue weighted by molar-refractivity contribution is -0.165. The molecule has 178 valence electrons. The van der Waals surface area contributed by atoms with E-state index < -0.39 is 11.3 Å². The van der Waals surface area contributed by atoms with Gasteiger partial charge in [-0.05, 0) is 106 Å². The van der Waals surface area contributed by atoms with Crippen LogP contribution >= 0.6 is 0 Å². The van der Waals surface area contributed by atoms with Crippen molar-refractivity contribution in [2.75, 3.05) is 11.9 Å².